The first-order valence-corrected chi connectivity index (χ1v) is 12.8. The van der Waals surface area contributed by atoms with Crippen molar-refractivity contribution in [3.05, 3.63) is 102 Å². The molecule has 0 aliphatic carbocycles. The molecule has 3 aromatic heterocycles. The van der Waals surface area contributed by atoms with Crippen LogP contribution in [-0.2, 0) is 6.61 Å². The SMILES string of the molecule is Fc1cccc(COc2ccc(Nc3ncnc4cc(-c5cc6ccccc6s5)sc34)cc2Cl)c1. The monoisotopic (exact) mass is 517 g/mol. The van der Waals surface area contributed by atoms with E-state index in [2.05, 4.69) is 51.7 Å². The van der Waals surface area contributed by atoms with Crippen LogP contribution < -0.4 is 10.1 Å². The van der Waals surface area contributed by atoms with Crippen molar-refractivity contribution in [2.45, 2.75) is 6.61 Å². The molecule has 6 aromatic rings. The Balaban J connectivity index is 1.24. The van der Waals surface area contributed by atoms with Gasteiger partial charge in [-0.15, -0.1) is 22.7 Å². The average molecular weight is 518 g/mol. The van der Waals surface area contributed by atoms with Crippen LogP contribution in [0.1, 0.15) is 5.56 Å². The maximum atomic E-state index is 13.4. The number of nitrogens with zero attached hydrogens (tertiary/aromatic N) is 2. The van der Waals surface area contributed by atoms with Crippen molar-refractivity contribution < 1.29 is 9.13 Å². The molecule has 0 fully saturated rings. The Labute approximate surface area is 213 Å². The molecule has 35 heavy (non-hydrogen) atoms. The number of halogens is 2. The Hall–Kier alpha value is -3.52. The van der Waals surface area contributed by atoms with Gasteiger partial charge in [-0.25, -0.2) is 14.4 Å². The molecule has 3 aromatic carbocycles. The van der Waals surface area contributed by atoms with Gasteiger partial charge < -0.3 is 10.1 Å². The van der Waals surface area contributed by atoms with E-state index in [-0.39, 0.29) is 12.4 Å². The normalized spacial score (nSPS) is 11.3. The van der Waals surface area contributed by atoms with Gasteiger partial charge in [0.05, 0.1) is 15.2 Å². The van der Waals surface area contributed by atoms with Crippen LogP contribution in [0.4, 0.5) is 15.9 Å². The van der Waals surface area contributed by atoms with E-state index >= 15 is 0 Å². The first-order valence-electron chi connectivity index (χ1n) is 10.8. The quantitative estimate of drug-likeness (QED) is 0.240. The number of anilines is 2. The minimum Gasteiger partial charge on any atom is -0.487 e. The van der Waals surface area contributed by atoms with Crippen LogP contribution in [0.25, 0.3) is 30.1 Å². The smallest absolute Gasteiger partial charge is 0.151 e. The van der Waals surface area contributed by atoms with Gasteiger partial charge in [0.2, 0.25) is 0 Å². The lowest BCUT2D eigenvalue weighted by molar-refractivity contribution is 0.306. The fourth-order valence-electron chi connectivity index (χ4n) is 3.79. The van der Waals surface area contributed by atoms with Crippen molar-refractivity contribution in [1.82, 2.24) is 9.97 Å². The maximum Gasteiger partial charge on any atom is 0.151 e. The number of nitrogens with one attached hydrogen (secondary N) is 1. The molecule has 3 heterocycles. The van der Waals surface area contributed by atoms with Crippen molar-refractivity contribution >= 4 is 66.1 Å². The van der Waals surface area contributed by atoms with E-state index in [0.717, 1.165) is 32.2 Å². The minimum atomic E-state index is -0.294. The third-order valence-corrected chi connectivity index (χ3v) is 8.20. The third-order valence-electron chi connectivity index (χ3n) is 5.46. The molecule has 0 spiro atoms. The molecule has 0 aliphatic rings. The lowest BCUT2D eigenvalue weighted by Gasteiger charge is -2.11. The molecule has 6 rings (SSSR count). The Kier molecular flexibility index (Phi) is 5.82. The highest BCUT2D eigenvalue weighted by molar-refractivity contribution is 7.28. The van der Waals surface area contributed by atoms with Crippen LogP contribution in [0.2, 0.25) is 5.02 Å². The molecule has 0 amide bonds. The first kappa shape index (κ1) is 22.0. The van der Waals surface area contributed by atoms with E-state index in [1.165, 1.54) is 27.1 Å². The van der Waals surface area contributed by atoms with Crippen LogP contribution in [0.3, 0.4) is 0 Å². The molecule has 8 heteroatoms. The zero-order chi connectivity index (χ0) is 23.8. The highest BCUT2D eigenvalue weighted by Crippen LogP contribution is 2.41. The van der Waals surface area contributed by atoms with Crippen molar-refractivity contribution in [2.75, 3.05) is 5.32 Å². The standard InChI is InChI=1S/C27H17ClFN3OS2/c28-20-12-19(8-9-22(20)33-14-16-4-3-6-18(29)10-16)32-27-26-21(30-15-31-27)13-25(35-26)24-11-17-5-1-2-7-23(17)34-24/h1-13,15H,14H2,(H,30,31,32). The van der Waals surface area contributed by atoms with Gasteiger partial charge in [0.1, 0.15) is 24.5 Å². The van der Waals surface area contributed by atoms with Crippen molar-refractivity contribution in [3.8, 4) is 15.5 Å². The topological polar surface area (TPSA) is 47.0 Å². The number of thiophene rings is 2. The van der Waals surface area contributed by atoms with Crippen LogP contribution >= 0.6 is 34.3 Å². The molecule has 0 aliphatic heterocycles. The highest BCUT2D eigenvalue weighted by atomic mass is 35.5. The summed E-state index contributed by atoms with van der Waals surface area (Å²) in [6.07, 6.45) is 1.56. The summed E-state index contributed by atoms with van der Waals surface area (Å²) in [6.45, 7) is 0.229. The highest BCUT2D eigenvalue weighted by Gasteiger charge is 2.13. The van der Waals surface area contributed by atoms with E-state index in [9.17, 15) is 4.39 Å². The summed E-state index contributed by atoms with van der Waals surface area (Å²) in [5.41, 5.74) is 2.41. The number of ether oxygens (including phenoxy) is 1. The zero-order valence-corrected chi connectivity index (χ0v) is 20.6. The second kappa shape index (κ2) is 9.26. The van der Waals surface area contributed by atoms with Gasteiger partial charge in [0, 0.05) is 20.1 Å². The minimum absolute atomic E-state index is 0.229. The number of aromatic nitrogens is 2. The fraction of sp³-hybridized carbons (Fsp3) is 0.0370. The lowest BCUT2D eigenvalue weighted by Crippen LogP contribution is -1.98. The molecular weight excluding hydrogens is 501 g/mol. The fourth-order valence-corrected chi connectivity index (χ4v) is 6.21. The number of fused-ring (bicyclic) bond motifs is 2. The largest absolute Gasteiger partial charge is 0.487 e. The Morgan fingerprint density at radius 1 is 0.886 bits per heavy atom. The van der Waals surface area contributed by atoms with Crippen LogP contribution in [0.5, 0.6) is 5.75 Å². The Bertz CT molecular complexity index is 1650. The summed E-state index contributed by atoms with van der Waals surface area (Å²) in [6, 6.07) is 24.5. The molecule has 0 saturated heterocycles. The van der Waals surface area contributed by atoms with Gasteiger partial charge in [-0.05, 0) is 59.5 Å². The van der Waals surface area contributed by atoms with E-state index in [4.69, 9.17) is 16.3 Å². The first-order chi connectivity index (χ1) is 17.1. The molecule has 0 radical (unpaired) electrons. The Morgan fingerprint density at radius 2 is 1.77 bits per heavy atom. The van der Waals surface area contributed by atoms with Gasteiger partial charge in [0.15, 0.2) is 5.82 Å². The predicted octanol–water partition coefficient (Wildman–Crippen LogP) is 8.69. The third kappa shape index (κ3) is 4.58. The summed E-state index contributed by atoms with van der Waals surface area (Å²) in [5, 5.41) is 5.05. The summed E-state index contributed by atoms with van der Waals surface area (Å²) < 4.78 is 21.4. The molecule has 4 nitrogen and oxygen atoms in total. The summed E-state index contributed by atoms with van der Waals surface area (Å²) in [7, 11) is 0. The summed E-state index contributed by atoms with van der Waals surface area (Å²) in [5.74, 6) is 0.950. The lowest BCUT2D eigenvalue weighted by atomic mass is 10.2. The van der Waals surface area contributed by atoms with Crippen molar-refractivity contribution in [1.29, 1.82) is 0 Å². The van der Waals surface area contributed by atoms with Gasteiger partial charge in [0.25, 0.3) is 0 Å². The summed E-state index contributed by atoms with van der Waals surface area (Å²) >= 11 is 9.90. The number of benzene rings is 3. The van der Waals surface area contributed by atoms with Crippen LogP contribution in [0.15, 0.2) is 85.2 Å². The second-order valence-corrected chi connectivity index (χ2v) is 10.4. The molecule has 0 saturated carbocycles. The zero-order valence-electron chi connectivity index (χ0n) is 18.2. The Morgan fingerprint density at radius 3 is 2.63 bits per heavy atom. The second-order valence-electron chi connectivity index (χ2n) is 7.88. The number of rotatable bonds is 6. The van der Waals surface area contributed by atoms with Crippen LogP contribution in [0, 0.1) is 5.82 Å². The van der Waals surface area contributed by atoms with Crippen molar-refractivity contribution in [2.24, 2.45) is 0 Å². The molecule has 0 unspecified atom stereocenters. The average Bonchev–Trinajstić information content (AvgIpc) is 3.48. The molecule has 172 valence electrons. The van der Waals surface area contributed by atoms with E-state index in [0.29, 0.717) is 10.8 Å². The number of hydrogen-bond acceptors (Lipinski definition) is 6. The van der Waals surface area contributed by atoms with Gasteiger partial charge >= 0.3 is 0 Å². The molecular formula is C27H17ClFN3OS2. The van der Waals surface area contributed by atoms with E-state index in [1.54, 1.807) is 53.3 Å². The summed E-state index contributed by atoms with van der Waals surface area (Å²) in [4.78, 5) is 11.3. The van der Waals surface area contributed by atoms with Gasteiger partial charge in [-0.2, -0.15) is 0 Å². The van der Waals surface area contributed by atoms with E-state index < -0.39 is 0 Å². The predicted molar refractivity (Wildman–Crippen MR) is 144 cm³/mol. The van der Waals surface area contributed by atoms with Gasteiger partial charge in [-0.3, -0.25) is 0 Å². The molecule has 0 bridgehead atoms. The van der Waals surface area contributed by atoms with E-state index in [1.807, 2.05) is 6.07 Å². The molecule has 0 atom stereocenters. The number of hydrogen-bond donors (Lipinski definition) is 1. The maximum absolute atomic E-state index is 13.4. The van der Waals surface area contributed by atoms with Crippen LogP contribution in [-0.4, -0.2) is 9.97 Å². The van der Waals surface area contributed by atoms with Crippen molar-refractivity contribution in [3.63, 3.8) is 0 Å². The van der Waals surface area contributed by atoms with Gasteiger partial charge in [-0.1, -0.05) is 41.9 Å². The molecule has 1 N–H and O–H groups in total.